The van der Waals surface area contributed by atoms with Crippen LogP contribution in [-0.4, -0.2) is 48.7 Å². The number of benzene rings is 2. The normalized spacial score (nSPS) is 11.0. The molecule has 0 aliphatic heterocycles. The Morgan fingerprint density at radius 2 is 1.68 bits per heavy atom. The van der Waals surface area contributed by atoms with Crippen molar-refractivity contribution in [1.29, 1.82) is 0 Å². The fourth-order valence-corrected chi connectivity index (χ4v) is 3.40. The Hall–Kier alpha value is -2.57. The van der Waals surface area contributed by atoms with Gasteiger partial charge in [-0.15, -0.1) is 0 Å². The third-order valence-corrected chi connectivity index (χ3v) is 4.95. The van der Waals surface area contributed by atoms with Crippen LogP contribution in [0.4, 0.5) is 0 Å². The molecule has 0 aliphatic carbocycles. The molecule has 1 aromatic heterocycles. The average molecular weight is 396 g/mol. The summed E-state index contributed by atoms with van der Waals surface area (Å²) in [6.07, 6.45) is 0.929. The summed E-state index contributed by atoms with van der Waals surface area (Å²) in [7, 11) is 4.05. The van der Waals surface area contributed by atoms with Crippen LogP contribution in [0.2, 0.25) is 0 Å². The maximum Gasteiger partial charge on any atom is 0.257 e. The molecule has 0 aliphatic rings. The molecule has 5 nitrogen and oxygen atoms in total. The van der Waals surface area contributed by atoms with E-state index in [0.29, 0.717) is 11.8 Å². The van der Waals surface area contributed by atoms with E-state index in [4.69, 9.17) is 4.42 Å². The van der Waals surface area contributed by atoms with E-state index in [-0.39, 0.29) is 11.7 Å². The zero-order chi connectivity index (χ0) is 19.8. The number of oxazole rings is 1. The predicted molar refractivity (Wildman–Crippen MR) is 114 cm³/mol. The Morgan fingerprint density at radius 1 is 1.04 bits per heavy atom. The Morgan fingerprint density at radius 3 is 2.32 bits per heavy atom. The standard InChI is InChI=1S/C22H25N3O2S/c1-25(2)15-9-14-23-19(26)16-28-22-24-20(17-10-5-3-6-11-17)21(27-22)18-12-7-4-8-13-18/h3-8,10-13H,9,14-16H2,1-2H3,(H,23,26). The van der Waals surface area contributed by atoms with Gasteiger partial charge in [0.05, 0.1) is 5.75 Å². The second kappa shape index (κ2) is 10.1. The molecule has 0 bridgehead atoms. The van der Waals surface area contributed by atoms with Crippen molar-refractivity contribution in [2.24, 2.45) is 0 Å². The summed E-state index contributed by atoms with van der Waals surface area (Å²) in [6, 6.07) is 19.9. The predicted octanol–water partition coefficient (Wildman–Crippen LogP) is 4.17. The van der Waals surface area contributed by atoms with Crippen LogP contribution in [0.3, 0.4) is 0 Å². The molecule has 0 saturated heterocycles. The summed E-state index contributed by atoms with van der Waals surface area (Å²) >= 11 is 1.32. The summed E-state index contributed by atoms with van der Waals surface area (Å²) in [5, 5.41) is 3.44. The summed E-state index contributed by atoms with van der Waals surface area (Å²) in [6.45, 7) is 1.63. The van der Waals surface area contributed by atoms with E-state index >= 15 is 0 Å². The fraction of sp³-hybridized carbons (Fsp3) is 0.273. The minimum absolute atomic E-state index is 0.00974. The van der Waals surface area contributed by atoms with Crippen molar-refractivity contribution < 1.29 is 9.21 Å². The average Bonchev–Trinajstić information content (AvgIpc) is 3.15. The number of hydrogen-bond donors (Lipinski definition) is 1. The lowest BCUT2D eigenvalue weighted by Gasteiger charge is -2.09. The molecule has 0 radical (unpaired) electrons. The Bertz CT molecular complexity index is 822. The minimum Gasteiger partial charge on any atom is -0.431 e. The van der Waals surface area contributed by atoms with Gasteiger partial charge in [-0.3, -0.25) is 4.79 Å². The minimum atomic E-state index is -0.00974. The van der Waals surface area contributed by atoms with Crippen LogP contribution >= 0.6 is 11.8 Å². The molecule has 0 unspecified atom stereocenters. The highest BCUT2D eigenvalue weighted by atomic mass is 32.2. The van der Waals surface area contributed by atoms with E-state index in [9.17, 15) is 4.79 Å². The largest absolute Gasteiger partial charge is 0.431 e. The molecular formula is C22H25N3O2S. The lowest BCUT2D eigenvalue weighted by Crippen LogP contribution is -2.28. The number of hydrogen-bond acceptors (Lipinski definition) is 5. The first-order valence-electron chi connectivity index (χ1n) is 9.29. The SMILES string of the molecule is CN(C)CCCNC(=O)CSc1nc(-c2ccccc2)c(-c2ccccc2)o1. The van der Waals surface area contributed by atoms with Crippen molar-refractivity contribution in [3.05, 3.63) is 60.7 Å². The van der Waals surface area contributed by atoms with Crippen molar-refractivity contribution >= 4 is 17.7 Å². The number of rotatable bonds is 9. The Labute approximate surface area is 170 Å². The monoisotopic (exact) mass is 395 g/mol. The van der Waals surface area contributed by atoms with Crippen molar-refractivity contribution in [2.45, 2.75) is 11.6 Å². The fourth-order valence-electron chi connectivity index (χ4n) is 2.74. The van der Waals surface area contributed by atoms with Gasteiger partial charge in [-0.05, 0) is 27.1 Å². The number of carbonyl (C=O) groups excluding carboxylic acids is 1. The molecule has 28 heavy (non-hydrogen) atoms. The van der Waals surface area contributed by atoms with E-state index in [1.165, 1.54) is 11.8 Å². The van der Waals surface area contributed by atoms with E-state index in [1.54, 1.807) is 0 Å². The van der Waals surface area contributed by atoms with Gasteiger partial charge in [-0.25, -0.2) is 4.98 Å². The topological polar surface area (TPSA) is 58.4 Å². The molecule has 1 heterocycles. The highest BCUT2D eigenvalue weighted by molar-refractivity contribution is 7.99. The highest BCUT2D eigenvalue weighted by Crippen LogP contribution is 2.35. The molecule has 1 N–H and O–H groups in total. The summed E-state index contributed by atoms with van der Waals surface area (Å²) in [4.78, 5) is 18.8. The van der Waals surface area contributed by atoms with Crippen molar-refractivity contribution in [1.82, 2.24) is 15.2 Å². The van der Waals surface area contributed by atoms with Crippen LogP contribution in [0.25, 0.3) is 22.6 Å². The first-order chi connectivity index (χ1) is 13.6. The third-order valence-electron chi connectivity index (χ3n) is 4.12. The van der Waals surface area contributed by atoms with Crippen LogP contribution in [-0.2, 0) is 4.79 Å². The van der Waals surface area contributed by atoms with Crippen molar-refractivity contribution in [3.63, 3.8) is 0 Å². The number of amides is 1. The molecule has 146 valence electrons. The highest BCUT2D eigenvalue weighted by Gasteiger charge is 2.17. The molecule has 3 rings (SSSR count). The Kier molecular flexibility index (Phi) is 7.28. The molecule has 1 amide bonds. The van der Waals surface area contributed by atoms with Crippen LogP contribution < -0.4 is 5.32 Å². The Balaban J connectivity index is 1.69. The first-order valence-corrected chi connectivity index (χ1v) is 10.3. The van der Waals surface area contributed by atoms with E-state index in [0.717, 1.165) is 35.5 Å². The smallest absolute Gasteiger partial charge is 0.257 e. The van der Waals surface area contributed by atoms with Crippen molar-refractivity contribution in [2.75, 3.05) is 32.9 Å². The van der Waals surface area contributed by atoms with Gasteiger partial charge in [0.15, 0.2) is 5.76 Å². The zero-order valence-corrected chi connectivity index (χ0v) is 17.0. The lowest BCUT2D eigenvalue weighted by molar-refractivity contribution is -0.118. The molecule has 6 heteroatoms. The van der Waals surface area contributed by atoms with E-state index < -0.39 is 0 Å². The zero-order valence-electron chi connectivity index (χ0n) is 16.2. The van der Waals surface area contributed by atoms with Crippen LogP contribution in [0.5, 0.6) is 0 Å². The van der Waals surface area contributed by atoms with Gasteiger partial charge in [0.1, 0.15) is 5.69 Å². The molecule has 0 spiro atoms. The molecule has 0 atom stereocenters. The lowest BCUT2D eigenvalue weighted by atomic mass is 10.1. The van der Waals surface area contributed by atoms with Gasteiger partial charge in [-0.1, -0.05) is 72.4 Å². The number of thioether (sulfide) groups is 1. The summed E-state index contributed by atoms with van der Waals surface area (Å²) in [5.74, 6) is 0.996. The number of aromatic nitrogens is 1. The van der Waals surface area contributed by atoms with Crippen LogP contribution in [0.15, 0.2) is 70.3 Å². The maximum absolute atomic E-state index is 12.1. The quantitative estimate of drug-likeness (QED) is 0.435. The van der Waals surface area contributed by atoms with Gasteiger partial charge < -0.3 is 14.6 Å². The van der Waals surface area contributed by atoms with Gasteiger partial charge in [0.25, 0.3) is 5.22 Å². The van der Waals surface area contributed by atoms with Gasteiger partial charge in [0.2, 0.25) is 5.91 Å². The van der Waals surface area contributed by atoms with Crippen LogP contribution in [0.1, 0.15) is 6.42 Å². The van der Waals surface area contributed by atoms with E-state index in [2.05, 4.69) is 15.2 Å². The molecule has 3 aromatic rings. The van der Waals surface area contributed by atoms with Gasteiger partial charge >= 0.3 is 0 Å². The van der Waals surface area contributed by atoms with Crippen LogP contribution in [0, 0.1) is 0 Å². The number of nitrogens with one attached hydrogen (secondary N) is 1. The van der Waals surface area contributed by atoms with Gasteiger partial charge in [-0.2, -0.15) is 0 Å². The molecule has 0 fully saturated rings. The second-order valence-electron chi connectivity index (χ2n) is 6.69. The number of carbonyl (C=O) groups is 1. The molecule has 2 aromatic carbocycles. The summed E-state index contributed by atoms with van der Waals surface area (Å²) < 4.78 is 6.03. The van der Waals surface area contributed by atoms with E-state index in [1.807, 2.05) is 74.8 Å². The maximum atomic E-state index is 12.1. The van der Waals surface area contributed by atoms with Crippen molar-refractivity contribution in [3.8, 4) is 22.6 Å². The summed E-state index contributed by atoms with van der Waals surface area (Å²) in [5.41, 5.74) is 2.75. The number of nitrogens with zero attached hydrogens (tertiary/aromatic N) is 2. The molecule has 0 saturated carbocycles. The second-order valence-corrected chi connectivity index (χ2v) is 7.61. The van der Waals surface area contributed by atoms with Gasteiger partial charge in [0, 0.05) is 17.7 Å². The third kappa shape index (κ3) is 5.71. The first kappa shape index (κ1) is 20.2. The molecular weight excluding hydrogens is 370 g/mol.